The van der Waals surface area contributed by atoms with Gasteiger partial charge in [-0.1, -0.05) is 5.16 Å². The summed E-state index contributed by atoms with van der Waals surface area (Å²) in [5.74, 6) is 0.665. The molecule has 1 aliphatic rings. The first-order chi connectivity index (χ1) is 12.8. The van der Waals surface area contributed by atoms with Crippen molar-refractivity contribution in [1.82, 2.24) is 15.0 Å². The lowest BCUT2D eigenvalue weighted by atomic mass is 9.98. The number of rotatable bonds is 5. The summed E-state index contributed by atoms with van der Waals surface area (Å²) in [4.78, 5) is 18.5. The number of nitrogens with one attached hydrogen (secondary N) is 1. The Morgan fingerprint density at radius 2 is 2.11 bits per heavy atom. The fraction of sp³-hybridized carbons (Fsp3) is 0.471. The Hall–Kier alpha value is -2.62. The van der Waals surface area contributed by atoms with Crippen LogP contribution in [-0.4, -0.2) is 46.9 Å². The molecule has 1 fully saturated rings. The van der Waals surface area contributed by atoms with Crippen LogP contribution in [0.25, 0.3) is 0 Å². The van der Waals surface area contributed by atoms with Crippen LogP contribution in [0.2, 0.25) is 0 Å². The third kappa shape index (κ3) is 5.68. The van der Waals surface area contributed by atoms with Crippen LogP contribution < -0.4 is 10.1 Å². The van der Waals surface area contributed by atoms with Crippen molar-refractivity contribution in [3.8, 4) is 5.75 Å². The van der Waals surface area contributed by atoms with E-state index in [-0.39, 0.29) is 24.1 Å². The standard InChI is InChI=1S/C17H19F3N4O3/c1-11-21-16(27-23-11)12-3-2-8-24(9-12)10-15(25)22-13-4-6-14(7-5-13)26-17(18,19)20/h4-7,12H,2-3,8-10H2,1H3,(H,22,25). The number of hydrogen-bond donors (Lipinski definition) is 1. The van der Waals surface area contributed by atoms with Crippen LogP contribution >= 0.6 is 0 Å². The second-order valence-corrected chi connectivity index (χ2v) is 6.37. The molecule has 3 rings (SSSR count). The van der Waals surface area contributed by atoms with Crippen LogP contribution in [-0.2, 0) is 4.79 Å². The Balaban J connectivity index is 1.51. The summed E-state index contributed by atoms with van der Waals surface area (Å²) >= 11 is 0. The summed E-state index contributed by atoms with van der Waals surface area (Å²) in [5.41, 5.74) is 0.399. The van der Waals surface area contributed by atoms with Crippen LogP contribution in [0.5, 0.6) is 5.75 Å². The number of nitrogens with zero attached hydrogens (tertiary/aromatic N) is 3. The van der Waals surface area contributed by atoms with Crippen molar-refractivity contribution in [2.24, 2.45) is 0 Å². The van der Waals surface area contributed by atoms with E-state index >= 15 is 0 Å². The van der Waals surface area contributed by atoms with Crippen molar-refractivity contribution in [1.29, 1.82) is 0 Å². The lowest BCUT2D eigenvalue weighted by Crippen LogP contribution is -2.39. The maximum atomic E-state index is 12.2. The molecule has 1 aromatic carbocycles. The van der Waals surface area contributed by atoms with Gasteiger partial charge in [0.15, 0.2) is 5.82 Å². The molecule has 0 radical (unpaired) electrons. The number of anilines is 1. The minimum atomic E-state index is -4.74. The topological polar surface area (TPSA) is 80.5 Å². The van der Waals surface area contributed by atoms with Crippen molar-refractivity contribution in [3.63, 3.8) is 0 Å². The molecular formula is C17H19F3N4O3. The van der Waals surface area contributed by atoms with E-state index in [0.29, 0.717) is 23.9 Å². The molecule has 2 heterocycles. The molecule has 7 nitrogen and oxygen atoms in total. The highest BCUT2D eigenvalue weighted by molar-refractivity contribution is 5.92. The van der Waals surface area contributed by atoms with Gasteiger partial charge in [0.05, 0.1) is 12.5 Å². The third-order valence-electron chi connectivity index (χ3n) is 4.14. The summed E-state index contributed by atoms with van der Waals surface area (Å²) in [6.07, 6.45) is -2.92. The first-order valence-electron chi connectivity index (χ1n) is 8.47. The number of benzene rings is 1. The van der Waals surface area contributed by atoms with E-state index in [9.17, 15) is 18.0 Å². The van der Waals surface area contributed by atoms with Crippen molar-refractivity contribution < 1.29 is 27.2 Å². The molecule has 1 saturated heterocycles. The second-order valence-electron chi connectivity index (χ2n) is 6.37. The van der Waals surface area contributed by atoms with Gasteiger partial charge in [0.1, 0.15) is 5.75 Å². The Morgan fingerprint density at radius 1 is 1.37 bits per heavy atom. The normalized spacial score (nSPS) is 18.3. The van der Waals surface area contributed by atoms with E-state index in [4.69, 9.17) is 4.52 Å². The molecule has 1 aromatic heterocycles. The molecular weight excluding hydrogens is 365 g/mol. The highest BCUT2D eigenvalue weighted by atomic mass is 19.4. The number of piperidine rings is 1. The molecule has 1 aliphatic heterocycles. The molecule has 0 aliphatic carbocycles. The van der Waals surface area contributed by atoms with E-state index in [2.05, 4.69) is 20.2 Å². The maximum Gasteiger partial charge on any atom is 0.573 e. The van der Waals surface area contributed by atoms with E-state index in [1.54, 1.807) is 6.92 Å². The van der Waals surface area contributed by atoms with Gasteiger partial charge < -0.3 is 14.6 Å². The molecule has 0 spiro atoms. The Kier molecular flexibility index (Phi) is 5.64. The van der Waals surface area contributed by atoms with Gasteiger partial charge in [0.25, 0.3) is 0 Å². The van der Waals surface area contributed by atoms with Crippen LogP contribution in [0.4, 0.5) is 18.9 Å². The molecule has 146 valence electrons. The Morgan fingerprint density at radius 3 is 2.74 bits per heavy atom. The minimum absolute atomic E-state index is 0.0894. The Labute approximate surface area is 153 Å². The summed E-state index contributed by atoms with van der Waals surface area (Å²) in [6.45, 7) is 3.33. The van der Waals surface area contributed by atoms with E-state index in [0.717, 1.165) is 31.5 Å². The zero-order valence-electron chi connectivity index (χ0n) is 14.6. The second kappa shape index (κ2) is 7.95. The monoisotopic (exact) mass is 384 g/mol. The first kappa shape index (κ1) is 19.2. The fourth-order valence-corrected chi connectivity index (χ4v) is 3.02. The number of alkyl halides is 3. The number of likely N-dealkylation sites (tertiary alicyclic amines) is 1. The smallest absolute Gasteiger partial charge is 0.406 e. The predicted molar refractivity (Wildman–Crippen MR) is 89.2 cm³/mol. The molecule has 1 atom stereocenters. The number of amides is 1. The van der Waals surface area contributed by atoms with Crippen LogP contribution in [0.15, 0.2) is 28.8 Å². The van der Waals surface area contributed by atoms with Crippen LogP contribution in [0, 0.1) is 6.92 Å². The summed E-state index contributed by atoms with van der Waals surface area (Å²) in [6, 6.07) is 5.02. The molecule has 2 aromatic rings. The molecule has 27 heavy (non-hydrogen) atoms. The first-order valence-corrected chi connectivity index (χ1v) is 8.47. The lowest BCUT2D eigenvalue weighted by molar-refractivity contribution is -0.274. The number of carbonyl (C=O) groups is 1. The Bertz CT molecular complexity index is 776. The van der Waals surface area contributed by atoms with Gasteiger partial charge in [0, 0.05) is 12.2 Å². The number of carbonyl (C=O) groups excluding carboxylic acids is 1. The van der Waals surface area contributed by atoms with Crippen LogP contribution in [0.1, 0.15) is 30.5 Å². The van der Waals surface area contributed by atoms with Crippen molar-refractivity contribution in [2.75, 3.05) is 25.0 Å². The van der Waals surface area contributed by atoms with Gasteiger partial charge in [0.2, 0.25) is 11.8 Å². The fourth-order valence-electron chi connectivity index (χ4n) is 3.02. The van der Waals surface area contributed by atoms with Gasteiger partial charge in [-0.15, -0.1) is 13.2 Å². The average molecular weight is 384 g/mol. The van der Waals surface area contributed by atoms with Crippen LogP contribution in [0.3, 0.4) is 0 Å². The molecule has 1 N–H and O–H groups in total. The zero-order valence-corrected chi connectivity index (χ0v) is 14.6. The van der Waals surface area contributed by atoms with E-state index in [1.807, 2.05) is 4.90 Å². The van der Waals surface area contributed by atoms with E-state index in [1.165, 1.54) is 12.1 Å². The van der Waals surface area contributed by atoms with Crippen molar-refractivity contribution in [2.45, 2.75) is 32.0 Å². The van der Waals surface area contributed by atoms with Gasteiger partial charge >= 0.3 is 6.36 Å². The van der Waals surface area contributed by atoms with Crippen molar-refractivity contribution in [3.05, 3.63) is 36.0 Å². The summed E-state index contributed by atoms with van der Waals surface area (Å²) in [7, 11) is 0. The number of aromatic nitrogens is 2. The zero-order chi connectivity index (χ0) is 19.4. The van der Waals surface area contributed by atoms with E-state index < -0.39 is 6.36 Å². The third-order valence-corrected chi connectivity index (χ3v) is 4.14. The number of ether oxygens (including phenoxy) is 1. The highest BCUT2D eigenvalue weighted by Gasteiger charge is 2.31. The average Bonchev–Trinajstić information content (AvgIpc) is 3.02. The summed E-state index contributed by atoms with van der Waals surface area (Å²) < 4.78 is 45.5. The SMILES string of the molecule is Cc1noc(C2CCCN(CC(=O)Nc3ccc(OC(F)(F)F)cc3)C2)n1. The molecule has 0 saturated carbocycles. The number of hydrogen-bond acceptors (Lipinski definition) is 6. The largest absolute Gasteiger partial charge is 0.573 e. The number of aryl methyl sites for hydroxylation is 1. The maximum absolute atomic E-state index is 12.2. The molecule has 0 bridgehead atoms. The quantitative estimate of drug-likeness (QED) is 0.853. The lowest BCUT2D eigenvalue weighted by Gasteiger charge is -2.30. The van der Waals surface area contributed by atoms with Gasteiger partial charge in [-0.05, 0) is 50.6 Å². The molecule has 1 unspecified atom stereocenters. The predicted octanol–water partition coefficient (Wildman–Crippen LogP) is 3.09. The highest BCUT2D eigenvalue weighted by Crippen LogP contribution is 2.26. The minimum Gasteiger partial charge on any atom is -0.406 e. The van der Waals surface area contributed by atoms with Gasteiger partial charge in [-0.3, -0.25) is 9.69 Å². The van der Waals surface area contributed by atoms with Gasteiger partial charge in [-0.25, -0.2) is 0 Å². The number of halogens is 3. The molecule has 1 amide bonds. The molecule has 10 heteroatoms. The summed E-state index contributed by atoms with van der Waals surface area (Å²) in [5, 5.41) is 6.47. The van der Waals surface area contributed by atoms with Crippen molar-refractivity contribution >= 4 is 11.6 Å². The van der Waals surface area contributed by atoms with Gasteiger partial charge in [-0.2, -0.15) is 4.98 Å².